The molecule has 0 saturated carbocycles. The van der Waals surface area contributed by atoms with Crippen molar-refractivity contribution in [2.75, 3.05) is 40.9 Å². The second-order valence-corrected chi connectivity index (χ2v) is 2.71. The van der Waals surface area contributed by atoms with Crippen LogP contribution in [0.15, 0.2) is 0 Å². The molecule has 0 spiro atoms. The molecule has 0 atom stereocenters. The average molecular weight is 174 g/mol. The molecule has 0 saturated heterocycles. The Morgan fingerprint density at radius 1 is 1.33 bits per heavy atom. The van der Waals surface area contributed by atoms with Crippen molar-refractivity contribution in [3.63, 3.8) is 0 Å². The third-order valence-corrected chi connectivity index (χ3v) is 1.76. The van der Waals surface area contributed by atoms with E-state index in [1.54, 1.807) is 31.0 Å². The van der Waals surface area contributed by atoms with E-state index in [1.807, 2.05) is 6.92 Å². The first-order chi connectivity index (χ1) is 5.63. The molecule has 0 bridgehead atoms. The van der Waals surface area contributed by atoms with E-state index < -0.39 is 0 Å². The van der Waals surface area contributed by atoms with Crippen LogP contribution in [0.2, 0.25) is 0 Å². The molecule has 0 radical (unpaired) electrons. The van der Waals surface area contributed by atoms with Crippen LogP contribution in [0.4, 0.5) is 4.79 Å². The van der Waals surface area contributed by atoms with Gasteiger partial charge in [-0.25, -0.2) is 4.79 Å². The number of rotatable bonds is 4. The summed E-state index contributed by atoms with van der Waals surface area (Å²) in [5.41, 5.74) is 0. The van der Waals surface area contributed by atoms with E-state index in [0.29, 0.717) is 13.2 Å². The highest BCUT2D eigenvalue weighted by Gasteiger charge is 2.10. The Morgan fingerprint density at radius 2 is 1.92 bits per heavy atom. The Hall–Kier alpha value is -0.770. The van der Waals surface area contributed by atoms with Gasteiger partial charge in [0.1, 0.15) is 0 Å². The minimum absolute atomic E-state index is 0.0366. The first-order valence-electron chi connectivity index (χ1n) is 4.08. The van der Waals surface area contributed by atoms with Crippen LogP contribution in [0.3, 0.4) is 0 Å². The largest absolute Gasteiger partial charge is 0.383 e. The fourth-order valence-electron chi connectivity index (χ4n) is 0.751. The zero-order chi connectivity index (χ0) is 9.56. The third-order valence-electron chi connectivity index (χ3n) is 1.76. The van der Waals surface area contributed by atoms with Crippen molar-refractivity contribution in [1.29, 1.82) is 0 Å². The van der Waals surface area contributed by atoms with Crippen molar-refractivity contribution in [2.24, 2.45) is 0 Å². The predicted octanol–water partition coefficient (Wildman–Crippen LogP) is 0.636. The van der Waals surface area contributed by atoms with Crippen LogP contribution >= 0.6 is 0 Å². The van der Waals surface area contributed by atoms with Crippen molar-refractivity contribution in [3.05, 3.63) is 0 Å². The number of carbonyl (C=O) groups excluding carboxylic acids is 1. The van der Waals surface area contributed by atoms with Crippen LogP contribution in [0.1, 0.15) is 6.92 Å². The number of nitrogens with zero attached hydrogens (tertiary/aromatic N) is 2. The Balaban J connectivity index is 3.75. The van der Waals surface area contributed by atoms with E-state index in [1.165, 1.54) is 0 Å². The molecule has 0 aromatic rings. The summed E-state index contributed by atoms with van der Waals surface area (Å²) in [5, 5.41) is 0. The lowest BCUT2D eigenvalue weighted by molar-refractivity contribution is 0.143. The highest BCUT2D eigenvalue weighted by atomic mass is 16.5. The molecule has 4 nitrogen and oxygen atoms in total. The van der Waals surface area contributed by atoms with Gasteiger partial charge in [0, 0.05) is 34.3 Å². The number of amides is 2. The standard InChI is InChI=1S/C8H18N2O2/c1-5-9(2)8(11)10(3)6-7-12-4/h5-7H2,1-4H3. The lowest BCUT2D eigenvalue weighted by Gasteiger charge is -2.23. The number of carbonyl (C=O) groups is 1. The maximum absolute atomic E-state index is 11.4. The highest BCUT2D eigenvalue weighted by Crippen LogP contribution is 1.92. The molecule has 2 amide bonds. The Labute approximate surface area is 74.1 Å². The summed E-state index contributed by atoms with van der Waals surface area (Å²) < 4.78 is 4.86. The molecule has 0 rings (SSSR count). The molecule has 0 unspecified atom stereocenters. The number of likely N-dealkylation sites (N-methyl/N-ethyl adjacent to an activating group) is 1. The van der Waals surface area contributed by atoms with Crippen molar-refractivity contribution in [3.8, 4) is 0 Å². The Morgan fingerprint density at radius 3 is 2.33 bits per heavy atom. The zero-order valence-corrected chi connectivity index (χ0v) is 8.33. The summed E-state index contributed by atoms with van der Waals surface area (Å²) in [6.07, 6.45) is 0. The summed E-state index contributed by atoms with van der Waals surface area (Å²) >= 11 is 0. The van der Waals surface area contributed by atoms with Gasteiger partial charge in [-0.3, -0.25) is 0 Å². The molecular formula is C8H18N2O2. The minimum atomic E-state index is 0.0366. The number of methoxy groups -OCH3 is 1. The minimum Gasteiger partial charge on any atom is -0.383 e. The Kier molecular flexibility index (Phi) is 5.45. The van der Waals surface area contributed by atoms with Crippen LogP contribution in [0, 0.1) is 0 Å². The van der Waals surface area contributed by atoms with Gasteiger partial charge in [0.25, 0.3) is 0 Å². The molecule has 0 aromatic heterocycles. The monoisotopic (exact) mass is 174 g/mol. The number of hydrogen-bond donors (Lipinski definition) is 0. The van der Waals surface area contributed by atoms with Gasteiger partial charge < -0.3 is 14.5 Å². The van der Waals surface area contributed by atoms with Crippen molar-refractivity contribution in [1.82, 2.24) is 9.80 Å². The maximum Gasteiger partial charge on any atom is 0.319 e. The van der Waals surface area contributed by atoms with Gasteiger partial charge in [-0.05, 0) is 6.92 Å². The molecule has 0 aliphatic rings. The first kappa shape index (κ1) is 11.2. The number of hydrogen-bond acceptors (Lipinski definition) is 2. The summed E-state index contributed by atoms with van der Waals surface area (Å²) in [6, 6.07) is 0.0366. The first-order valence-corrected chi connectivity index (χ1v) is 4.08. The molecule has 0 heterocycles. The summed E-state index contributed by atoms with van der Waals surface area (Å²) in [7, 11) is 5.18. The van der Waals surface area contributed by atoms with Crippen molar-refractivity contribution >= 4 is 6.03 Å². The predicted molar refractivity (Wildman–Crippen MR) is 48.2 cm³/mol. The van der Waals surface area contributed by atoms with E-state index in [-0.39, 0.29) is 6.03 Å². The second-order valence-electron chi connectivity index (χ2n) is 2.71. The van der Waals surface area contributed by atoms with Gasteiger partial charge in [-0.15, -0.1) is 0 Å². The maximum atomic E-state index is 11.4. The molecule has 0 aromatic carbocycles. The van der Waals surface area contributed by atoms with Gasteiger partial charge in [-0.2, -0.15) is 0 Å². The highest BCUT2D eigenvalue weighted by molar-refractivity contribution is 5.73. The van der Waals surface area contributed by atoms with Crippen molar-refractivity contribution < 1.29 is 9.53 Å². The van der Waals surface area contributed by atoms with Gasteiger partial charge >= 0.3 is 6.03 Å². The number of ether oxygens (including phenoxy) is 1. The van der Waals surface area contributed by atoms with Crippen molar-refractivity contribution in [2.45, 2.75) is 6.92 Å². The van der Waals surface area contributed by atoms with Gasteiger partial charge in [0.05, 0.1) is 6.61 Å². The summed E-state index contributed by atoms with van der Waals surface area (Å²) in [4.78, 5) is 14.7. The molecular weight excluding hydrogens is 156 g/mol. The Bertz CT molecular complexity index is 139. The molecule has 72 valence electrons. The topological polar surface area (TPSA) is 32.8 Å². The lowest BCUT2D eigenvalue weighted by Crippen LogP contribution is -2.40. The number of urea groups is 1. The van der Waals surface area contributed by atoms with E-state index in [9.17, 15) is 4.79 Å². The normalized spacial score (nSPS) is 9.67. The SMILES string of the molecule is CCN(C)C(=O)N(C)CCOC. The summed E-state index contributed by atoms with van der Waals surface area (Å²) in [6.45, 7) is 3.90. The molecule has 4 heteroatoms. The molecule has 0 aliphatic carbocycles. The van der Waals surface area contributed by atoms with Crippen LogP contribution < -0.4 is 0 Å². The lowest BCUT2D eigenvalue weighted by atomic mass is 10.5. The molecule has 0 N–H and O–H groups in total. The van der Waals surface area contributed by atoms with E-state index >= 15 is 0 Å². The van der Waals surface area contributed by atoms with Gasteiger partial charge in [0.15, 0.2) is 0 Å². The summed E-state index contributed by atoms with van der Waals surface area (Å²) in [5.74, 6) is 0. The van der Waals surface area contributed by atoms with Gasteiger partial charge in [0.2, 0.25) is 0 Å². The van der Waals surface area contributed by atoms with Crippen LogP contribution in [-0.4, -0.2) is 56.7 Å². The van der Waals surface area contributed by atoms with Crippen LogP contribution in [0.25, 0.3) is 0 Å². The molecule has 0 aliphatic heterocycles. The molecule has 0 fully saturated rings. The molecule has 12 heavy (non-hydrogen) atoms. The third kappa shape index (κ3) is 3.57. The fourth-order valence-corrected chi connectivity index (χ4v) is 0.751. The van der Waals surface area contributed by atoms with Crippen LogP contribution in [-0.2, 0) is 4.74 Å². The average Bonchev–Trinajstić information content (AvgIpc) is 2.11. The smallest absolute Gasteiger partial charge is 0.319 e. The zero-order valence-electron chi connectivity index (χ0n) is 8.33. The van der Waals surface area contributed by atoms with E-state index in [0.717, 1.165) is 6.54 Å². The quantitative estimate of drug-likeness (QED) is 0.626. The van der Waals surface area contributed by atoms with E-state index in [4.69, 9.17) is 4.74 Å². The second kappa shape index (κ2) is 5.83. The van der Waals surface area contributed by atoms with Gasteiger partial charge in [-0.1, -0.05) is 0 Å². The van der Waals surface area contributed by atoms with E-state index in [2.05, 4.69) is 0 Å². The van der Waals surface area contributed by atoms with Crippen LogP contribution in [0.5, 0.6) is 0 Å². The fraction of sp³-hybridized carbons (Fsp3) is 0.875.